The SMILES string of the molecule is CCOC1(c2nc(O)c(CC)c(=O)[nH]2)CCCCCC1. The lowest BCUT2D eigenvalue weighted by molar-refractivity contribution is -0.0629. The van der Waals surface area contributed by atoms with Gasteiger partial charge in [-0.05, 0) is 26.2 Å². The summed E-state index contributed by atoms with van der Waals surface area (Å²) in [7, 11) is 0. The molecule has 20 heavy (non-hydrogen) atoms. The van der Waals surface area contributed by atoms with Crippen molar-refractivity contribution in [2.24, 2.45) is 0 Å². The number of aromatic nitrogens is 2. The molecule has 1 fully saturated rings. The summed E-state index contributed by atoms with van der Waals surface area (Å²) in [6, 6.07) is 0. The molecule has 5 nitrogen and oxygen atoms in total. The molecule has 1 saturated carbocycles. The third kappa shape index (κ3) is 2.87. The van der Waals surface area contributed by atoms with Crippen LogP contribution in [-0.2, 0) is 16.8 Å². The molecule has 2 rings (SSSR count). The van der Waals surface area contributed by atoms with Crippen molar-refractivity contribution in [2.75, 3.05) is 6.61 Å². The molecule has 112 valence electrons. The summed E-state index contributed by atoms with van der Waals surface area (Å²) in [5, 5.41) is 9.97. The molecule has 1 aliphatic carbocycles. The van der Waals surface area contributed by atoms with E-state index in [2.05, 4.69) is 9.97 Å². The van der Waals surface area contributed by atoms with Crippen LogP contribution in [0.4, 0.5) is 0 Å². The Morgan fingerprint density at radius 2 is 1.90 bits per heavy atom. The number of nitrogens with zero attached hydrogens (tertiary/aromatic N) is 1. The second-order valence-corrected chi connectivity index (χ2v) is 5.41. The Morgan fingerprint density at radius 1 is 1.25 bits per heavy atom. The summed E-state index contributed by atoms with van der Waals surface area (Å²) in [4.78, 5) is 19.1. The maximum absolute atomic E-state index is 12.1. The molecule has 0 unspecified atom stereocenters. The van der Waals surface area contributed by atoms with E-state index in [1.165, 1.54) is 12.8 Å². The molecule has 1 aliphatic rings. The van der Waals surface area contributed by atoms with E-state index in [1.807, 2.05) is 13.8 Å². The standard InChI is InChI=1S/C15H24N2O3/c1-3-11-12(18)16-14(17-13(11)19)15(20-4-2)9-7-5-6-8-10-15/h3-10H2,1-2H3,(H2,16,17,18,19). The molecule has 0 radical (unpaired) electrons. The van der Waals surface area contributed by atoms with Crippen LogP contribution in [0.25, 0.3) is 0 Å². The highest BCUT2D eigenvalue weighted by Gasteiger charge is 2.36. The van der Waals surface area contributed by atoms with Gasteiger partial charge in [0.05, 0.1) is 5.56 Å². The lowest BCUT2D eigenvalue weighted by Crippen LogP contribution is -2.34. The van der Waals surface area contributed by atoms with E-state index in [9.17, 15) is 9.90 Å². The van der Waals surface area contributed by atoms with Gasteiger partial charge in [0.15, 0.2) is 0 Å². The summed E-state index contributed by atoms with van der Waals surface area (Å²) in [5.41, 5.74) is -0.457. The summed E-state index contributed by atoms with van der Waals surface area (Å²) in [6.07, 6.45) is 6.62. The first-order valence-electron chi connectivity index (χ1n) is 7.59. The Labute approximate surface area is 119 Å². The highest BCUT2D eigenvalue weighted by molar-refractivity contribution is 5.24. The fourth-order valence-corrected chi connectivity index (χ4v) is 3.05. The van der Waals surface area contributed by atoms with E-state index in [0.717, 1.165) is 25.7 Å². The van der Waals surface area contributed by atoms with Gasteiger partial charge in [-0.3, -0.25) is 4.79 Å². The molecule has 1 heterocycles. The molecular weight excluding hydrogens is 256 g/mol. The molecule has 0 bridgehead atoms. The highest BCUT2D eigenvalue weighted by Crippen LogP contribution is 2.38. The maximum Gasteiger partial charge on any atom is 0.258 e. The van der Waals surface area contributed by atoms with Gasteiger partial charge in [0.1, 0.15) is 11.4 Å². The molecular formula is C15H24N2O3. The predicted octanol–water partition coefficient (Wildman–Crippen LogP) is 2.62. The quantitative estimate of drug-likeness (QED) is 0.831. The van der Waals surface area contributed by atoms with Gasteiger partial charge >= 0.3 is 0 Å². The van der Waals surface area contributed by atoms with Gasteiger partial charge in [-0.15, -0.1) is 0 Å². The van der Waals surface area contributed by atoms with E-state index >= 15 is 0 Å². The Morgan fingerprint density at radius 3 is 2.40 bits per heavy atom. The van der Waals surface area contributed by atoms with E-state index in [4.69, 9.17) is 4.74 Å². The summed E-state index contributed by atoms with van der Waals surface area (Å²) < 4.78 is 5.98. The third-order valence-electron chi connectivity index (χ3n) is 4.11. The summed E-state index contributed by atoms with van der Waals surface area (Å²) in [6.45, 7) is 4.35. The third-order valence-corrected chi connectivity index (χ3v) is 4.11. The smallest absolute Gasteiger partial charge is 0.258 e. The topological polar surface area (TPSA) is 75.2 Å². The molecule has 2 N–H and O–H groups in total. The summed E-state index contributed by atoms with van der Waals surface area (Å²) >= 11 is 0. The monoisotopic (exact) mass is 280 g/mol. The molecule has 0 aromatic carbocycles. The van der Waals surface area contributed by atoms with Crippen molar-refractivity contribution in [2.45, 2.75) is 64.4 Å². The zero-order valence-corrected chi connectivity index (χ0v) is 12.4. The Hall–Kier alpha value is -1.36. The zero-order chi connectivity index (χ0) is 14.6. The normalized spacial score (nSPS) is 18.7. The van der Waals surface area contributed by atoms with Gasteiger partial charge in [-0.2, -0.15) is 4.98 Å². The van der Waals surface area contributed by atoms with Crippen LogP contribution >= 0.6 is 0 Å². The van der Waals surface area contributed by atoms with E-state index < -0.39 is 5.60 Å². The van der Waals surface area contributed by atoms with Crippen molar-refractivity contribution in [3.8, 4) is 5.88 Å². The van der Waals surface area contributed by atoms with Crippen LogP contribution in [0, 0.1) is 0 Å². The van der Waals surface area contributed by atoms with Crippen LogP contribution in [0.1, 0.15) is 63.8 Å². The lowest BCUT2D eigenvalue weighted by atomic mass is 9.93. The van der Waals surface area contributed by atoms with Gasteiger partial charge in [0.25, 0.3) is 5.56 Å². The number of rotatable bonds is 4. The second-order valence-electron chi connectivity index (χ2n) is 5.41. The average molecular weight is 280 g/mol. The van der Waals surface area contributed by atoms with Crippen molar-refractivity contribution in [1.82, 2.24) is 9.97 Å². The Bertz CT molecular complexity index is 502. The number of aromatic hydroxyl groups is 1. The first-order valence-corrected chi connectivity index (χ1v) is 7.59. The second kappa shape index (κ2) is 6.39. The van der Waals surface area contributed by atoms with Crippen LogP contribution in [0.15, 0.2) is 4.79 Å². The van der Waals surface area contributed by atoms with Crippen molar-refractivity contribution in [1.29, 1.82) is 0 Å². The number of nitrogens with one attached hydrogen (secondary N) is 1. The molecule has 0 aliphatic heterocycles. The van der Waals surface area contributed by atoms with Gasteiger partial charge in [-0.25, -0.2) is 0 Å². The van der Waals surface area contributed by atoms with Gasteiger partial charge in [-0.1, -0.05) is 32.6 Å². The van der Waals surface area contributed by atoms with Gasteiger partial charge < -0.3 is 14.8 Å². The highest BCUT2D eigenvalue weighted by atomic mass is 16.5. The maximum atomic E-state index is 12.1. The number of H-pyrrole nitrogens is 1. The first-order chi connectivity index (χ1) is 9.63. The summed E-state index contributed by atoms with van der Waals surface area (Å²) in [5.74, 6) is 0.329. The minimum absolute atomic E-state index is 0.158. The predicted molar refractivity (Wildman–Crippen MR) is 76.9 cm³/mol. The van der Waals surface area contributed by atoms with Crippen LogP contribution in [-0.4, -0.2) is 21.7 Å². The Balaban J connectivity index is 2.46. The number of aromatic amines is 1. The van der Waals surface area contributed by atoms with Crippen molar-refractivity contribution in [3.63, 3.8) is 0 Å². The molecule has 0 saturated heterocycles. The zero-order valence-electron chi connectivity index (χ0n) is 12.4. The average Bonchev–Trinajstić information content (AvgIpc) is 2.65. The van der Waals surface area contributed by atoms with Gasteiger partial charge in [0.2, 0.25) is 5.88 Å². The van der Waals surface area contributed by atoms with Crippen molar-refractivity contribution in [3.05, 3.63) is 21.7 Å². The van der Waals surface area contributed by atoms with Crippen LogP contribution in [0.2, 0.25) is 0 Å². The number of hydrogen-bond acceptors (Lipinski definition) is 4. The molecule has 0 amide bonds. The molecule has 1 aromatic rings. The molecule has 0 atom stereocenters. The van der Waals surface area contributed by atoms with Crippen molar-refractivity contribution >= 4 is 0 Å². The van der Waals surface area contributed by atoms with E-state index in [1.54, 1.807) is 0 Å². The van der Waals surface area contributed by atoms with Crippen molar-refractivity contribution < 1.29 is 9.84 Å². The van der Waals surface area contributed by atoms with E-state index in [-0.39, 0.29) is 11.4 Å². The number of ether oxygens (including phenoxy) is 1. The Kier molecular flexibility index (Phi) is 4.81. The van der Waals surface area contributed by atoms with Gasteiger partial charge in [0, 0.05) is 6.61 Å². The molecule has 5 heteroatoms. The minimum atomic E-state index is -0.547. The van der Waals surface area contributed by atoms with Crippen LogP contribution in [0.5, 0.6) is 5.88 Å². The van der Waals surface area contributed by atoms with E-state index in [0.29, 0.717) is 24.4 Å². The molecule has 0 spiro atoms. The first kappa shape index (κ1) is 15.0. The fraction of sp³-hybridized carbons (Fsp3) is 0.733. The van der Waals surface area contributed by atoms with Crippen LogP contribution < -0.4 is 5.56 Å². The fourth-order valence-electron chi connectivity index (χ4n) is 3.05. The number of hydrogen-bond donors (Lipinski definition) is 2. The van der Waals surface area contributed by atoms with Crippen LogP contribution in [0.3, 0.4) is 0 Å². The molecule has 1 aromatic heterocycles. The largest absolute Gasteiger partial charge is 0.493 e. The minimum Gasteiger partial charge on any atom is -0.493 e. The lowest BCUT2D eigenvalue weighted by Gasteiger charge is -2.31.